The number of aromatic nitrogens is 3. The summed E-state index contributed by atoms with van der Waals surface area (Å²) in [6.07, 6.45) is 3.78. The molecule has 0 bridgehead atoms. The molecule has 0 aliphatic heterocycles. The van der Waals surface area contributed by atoms with Gasteiger partial charge in [-0.2, -0.15) is 0 Å². The first kappa shape index (κ1) is 21.4. The normalized spacial score (nSPS) is 11.0. The predicted molar refractivity (Wildman–Crippen MR) is 107 cm³/mol. The van der Waals surface area contributed by atoms with Gasteiger partial charge in [-0.25, -0.2) is 37.3 Å². The molecule has 0 amide bonds. The molecule has 0 spiro atoms. The van der Waals surface area contributed by atoms with Gasteiger partial charge in [0.1, 0.15) is 10.7 Å². The van der Waals surface area contributed by atoms with Crippen LogP contribution in [-0.4, -0.2) is 30.4 Å². The Bertz CT molecular complexity index is 1290. The molecular formula is C18H13ClF2N6O2S. The molecule has 0 fully saturated rings. The maximum absolute atomic E-state index is 15.1. The van der Waals surface area contributed by atoms with Crippen molar-refractivity contribution in [3.8, 4) is 11.8 Å². The van der Waals surface area contributed by atoms with Crippen molar-refractivity contribution in [3.63, 3.8) is 0 Å². The smallest absolute Gasteiger partial charge is 0.241 e. The fourth-order valence-electron chi connectivity index (χ4n) is 2.44. The summed E-state index contributed by atoms with van der Waals surface area (Å²) in [5.41, 5.74) is 4.94. The third-order valence-corrected chi connectivity index (χ3v) is 4.98. The van der Waals surface area contributed by atoms with E-state index < -0.39 is 32.1 Å². The monoisotopic (exact) mass is 450 g/mol. The molecule has 4 N–H and O–H groups in total. The highest BCUT2D eigenvalue weighted by Crippen LogP contribution is 2.32. The summed E-state index contributed by atoms with van der Waals surface area (Å²) in [7, 11) is -2.89. The lowest BCUT2D eigenvalue weighted by Crippen LogP contribution is -2.21. The number of hydrogen-bond donors (Lipinski definition) is 2. The third-order valence-electron chi connectivity index (χ3n) is 3.86. The number of benzene rings is 1. The molecule has 0 saturated carbocycles. The van der Waals surface area contributed by atoms with Crippen molar-refractivity contribution in [1.82, 2.24) is 15.0 Å². The fourth-order valence-corrected chi connectivity index (χ4v) is 3.40. The Balaban J connectivity index is 2.09. The van der Waals surface area contributed by atoms with Gasteiger partial charge in [-0.1, -0.05) is 23.4 Å². The standard InChI is InChI=1S/C18H13ClF2N6O2S/c1-27(17-15(30(23,28)29)6-11(19)9-24-17)14-5-4-13(20)12(16(14)21)3-2-10-7-25-18(22)26-8-10/h4-9H,1H3,(H2,22,25,26)(H2,23,28,29). The molecule has 0 aliphatic carbocycles. The van der Waals surface area contributed by atoms with Crippen molar-refractivity contribution < 1.29 is 17.2 Å². The van der Waals surface area contributed by atoms with Gasteiger partial charge in [0.25, 0.3) is 0 Å². The average molecular weight is 451 g/mol. The zero-order valence-electron chi connectivity index (χ0n) is 15.3. The van der Waals surface area contributed by atoms with Gasteiger partial charge in [0.05, 0.1) is 21.8 Å². The van der Waals surface area contributed by atoms with E-state index in [0.29, 0.717) is 0 Å². The Morgan fingerprint density at radius 3 is 2.40 bits per heavy atom. The summed E-state index contributed by atoms with van der Waals surface area (Å²) in [6, 6.07) is 3.19. The van der Waals surface area contributed by atoms with Gasteiger partial charge in [0.2, 0.25) is 16.0 Å². The number of nitrogen functional groups attached to an aromatic ring is 1. The van der Waals surface area contributed by atoms with E-state index in [-0.39, 0.29) is 28.0 Å². The van der Waals surface area contributed by atoms with Gasteiger partial charge in [-0.15, -0.1) is 0 Å². The Kier molecular flexibility index (Phi) is 5.84. The van der Waals surface area contributed by atoms with Crippen molar-refractivity contribution >= 4 is 39.1 Å². The number of nitrogens with two attached hydrogens (primary N) is 2. The molecule has 0 atom stereocenters. The maximum atomic E-state index is 15.1. The Morgan fingerprint density at radius 2 is 1.77 bits per heavy atom. The van der Waals surface area contributed by atoms with Crippen LogP contribution in [0.4, 0.5) is 26.2 Å². The molecule has 0 unspecified atom stereocenters. The second-order valence-electron chi connectivity index (χ2n) is 5.91. The quantitative estimate of drug-likeness (QED) is 0.585. The number of pyridine rings is 1. The van der Waals surface area contributed by atoms with Gasteiger partial charge in [-0.3, -0.25) is 0 Å². The molecule has 8 nitrogen and oxygen atoms in total. The minimum atomic E-state index is -4.23. The van der Waals surface area contributed by atoms with E-state index >= 15 is 4.39 Å². The number of halogens is 3. The zero-order chi connectivity index (χ0) is 22.1. The number of nitrogens with zero attached hydrogens (tertiary/aromatic N) is 4. The molecule has 12 heteroatoms. The van der Waals surface area contributed by atoms with Crippen LogP contribution in [0.25, 0.3) is 0 Å². The SMILES string of the molecule is CN(c1ccc(F)c(C#Cc2cnc(N)nc2)c1F)c1ncc(Cl)cc1S(N)(=O)=O. The first-order valence-electron chi connectivity index (χ1n) is 8.07. The van der Waals surface area contributed by atoms with Gasteiger partial charge < -0.3 is 10.6 Å². The topological polar surface area (TPSA) is 128 Å². The van der Waals surface area contributed by atoms with Crippen LogP contribution in [0.2, 0.25) is 5.02 Å². The molecule has 30 heavy (non-hydrogen) atoms. The van der Waals surface area contributed by atoms with E-state index in [1.54, 1.807) is 0 Å². The van der Waals surface area contributed by atoms with Crippen molar-refractivity contribution in [1.29, 1.82) is 0 Å². The molecule has 3 aromatic rings. The summed E-state index contributed by atoms with van der Waals surface area (Å²) >= 11 is 5.80. The molecule has 154 valence electrons. The Hall–Kier alpha value is -3.33. The number of hydrogen-bond acceptors (Lipinski definition) is 7. The van der Waals surface area contributed by atoms with Crippen LogP contribution in [-0.2, 0) is 10.0 Å². The van der Waals surface area contributed by atoms with Crippen LogP contribution in [0.5, 0.6) is 0 Å². The third kappa shape index (κ3) is 4.46. The van der Waals surface area contributed by atoms with Crippen molar-refractivity contribution in [3.05, 3.63) is 64.6 Å². The minimum absolute atomic E-state index is 0.0213. The first-order chi connectivity index (χ1) is 14.1. The van der Waals surface area contributed by atoms with Gasteiger partial charge >= 0.3 is 0 Å². The van der Waals surface area contributed by atoms with E-state index in [1.165, 1.54) is 25.6 Å². The van der Waals surface area contributed by atoms with Crippen molar-refractivity contribution in [2.75, 3.05) is 17.7 Å². The number of anilines is 3. The molecular weight excluding hydrogens is 438 g/mol. The van der Waals surface area contributed by atoms with Gasteiger partial charge in [-0.05, 0) is 18.2 Å². The summed E-state index contributed by atoms with van der Waals surface area (Å²) < 4.78 is 53.1. The number of rotatable bonds is 3. The molecule has 2 aromatic heterocycles. The van der Waals surface area contributed by atoms with E-state index in [2.05, 4.69) is 26.8 Å². The molecule has 2 heterocycles. The van der Waals surface area contributed by atoms with Crippen LogP contribution in [0, 0.1) is 23.5 Å². The molecule has 0 radical (unpaired) electrons. The molecule has 3 rings (SSSR count). The largest absolute Gasteiger partial charge is 0.368 e. The predicted octanol–water partition coefficient (Wildman–Crippen LogP) is 2.20. The zero-order valence-corrected chi connectivity index (χ0v) is 16.8. The van der Waals surface area contributed by atoms with E-state index in [9.17, 15) is 12.8 Å². The van der Waals surface area contributed by atoms with Crippen LogP contribution in [0.1, 0.15) is 11.1 Å². The average Bonchev–Trinajstić information content (AvgIpc) is 2.68. The van der Waals surface area contributed by atoms with Crippen LogP contribution < -0.4 is 15.8 Å². The summed E-state index contributed by atoms with van der Waals surface area (Å²) in [5, 5.41) is 5.23. The second-order valence-corrected chi connectivity index (χ2v) is 7.88. The lowest BCUT2D eigenvalue weighted by Gasteiger charge is -2.21. The van der Waals surface area contributed by atoms with E-state index in [4.69, 9.17) is 22.5 Å². The van der Waals surface area contributed by atoms with Gasteiger partial charge in [0.15, 0.2) is 11.6 Å². The van der Waals surface area contributed by atoms with E-state index in [1.807, 2.05) is 0 Å². The number of primary sulfonamides is 1. The van der Waals surface area contributed by atoms with Crippen LogP contribution in [0.3, 0.4) is 0 Å². The fraction of sp³-hybridized carbons (Fsp3) is 0.0556. The lowest BCUT2D eigenvalue weighted by atomic mass is 10.1. The molecule has 1 aromatic carbocycles. The van der Waals surface area contributed by atoms with Crippen LogP contribution in [0.15, 0.2) is 41.7 Å². The Labute approximate surface area is 175 Å². The molecule has 0 aliphatic rings. The summed E-state index contributed by atoms with van der Waals surface area (Å²) in [4.78, 5) is 12.1. The van der Waals surface area contributed by atoms with E-state index in [0.717, 1.165) is 23.1 Å². The summed E-state index contributed by atoms with van der Waals surface area (Å²) in [6.45, 7) is 0. The second kappa shape index (κ2) is 8.19. The summed E-state index contributed by atoms with van der Waals surface area (Å²) in [5.74, 6) is 2.82. The first-order valence-corrected chi connectivity index (χ1v) is 10.00. The van der Waals surface area contributed by atoms with Crippen LogP contribution >= 0.6 is 11.6 Å². The van der Waals surface area contributed by atoms with Crippen molar-refractivity contribution in [2.24, 2.45) is 5.14 Å². The highest BCUT2D eigenvalue weighted by Gasteiger charge is 2.23. The highest BCUT2D eigenvalue weighted by molar-refractivity contribution is 7.89. The maximum Gasteiger partial charge on any atom is 0.241 e. The van der Waals surface area contributed by atoms with Crippen molar-refractivity contribution in [2.45, 2.75) is 4.90 Å². The van der Waals surface area contributed by atoms with Gasteiger partial charge in [0, 0.05) is 25.6 Å². The Morgan fingerprint density at radius 1 is 1.10 bits per heavy atom. The number of sulfonamides is 1. The minimum Gasteiger partial charge on any atom is -0.368 e. The molecule has 0 saturated heterocycles. The lowest BCUT2D eigenvalue weighted by molar-refractivity contribution is 0.577. The highest BCUT2D eigenvalue weighted by atomic mass is 35.5.